The number of aromatic nitrogens is 4. The first-order valence-corrected chi connectivity index (χ1v) is 8.28. The summed E-state index contributed by atoms with van der Waals surface area (Å²) in [6.45, 7) is 5.84. The van der Waals surface area contributed by atoms with E-state index in [2.05, 4.69) is 20.4 Å². The molecule has 2 heterocycles. The fourth-order valence-corrected chi connectivity index (χ4v) is 2.96. The molecule has 7 heteroatoms. The minimum Gasteiger partial charge on any atom is -0.366 e. The van der Waals surface area contributed by atoms with Crippen LogP contribution in [0.2, 0.25) is 0 Å². The van der Waals surface area contributed by atoms with Crippen molar-refractivity contribution in [2.75, 3.05) is 5.73 Å². The van der Waals surface area contributed by atoms with Gasteiger partial charge in [0.1, 0.15) is 0 Å². The second-order valence-electron chi connectivity index (χ2n) is 6.14. The Balaban J connectivity index is 1.69. The lowest BCUT2D eigenvalue weighted by Crippen LogP contribution is -2.27. The molecule has 130 valence electrons. The van der Waals surface area contributed by atoms with Crippen LogP contribution in [0.3, 0.4) is 0 Å². The predicted octanol–water partition coefficient (Wildman–Crippen LogP) is 2.13. The molecule has 1 amide bonds. The molecule has 0 radical (unpaired) electrons. The van der Waals surface area contributed by atoms with E-state index in [0.29, 0.717) is 18.6 Å². The van der Waals surface area contributed by atoms with Gasteiger partial charge in [0.2, 0.25) is 11.9 Å². The van der Waals surface area contributed by atoms with E-state index in [0.717, 1.165) is 22.5 Å². The van der Waals surface area contributed by atoms with Gasteiger partial charge < -0.3 is 11.1 Å². The van der Waals surface area contributed by atoms with Crippen molar-refractivity contribution in [3.63, 3.8) is 0 Å². The number of anilines is 1. The molecular formula is C18H22N6O. The number of nitrogens with two attached hydrogens (primary N) is 1. The Kier molecular flexibility index (Phi) is 4.65. The fourth-order valence-electron chi connectivity index (χ4n) is 2.96. The molecule has 0 aliphatic carbocycles. The van der Waals surface area contributed by atoms with Gasteiger partial charge in [0.25, 0.3) is 5.78 Å². The van der Waals surface area contributed by atoms with Crippen LogP contribution >= 0.6 is 0 Å². The Morgan fingerprint density at radius 2 is 1.96 bits per heavy atom. The molecule has 0 saturated heterocycles. The summed E-state index contributed by atoms with van der Waals surface area (Å²) in [7, 11) is 0. The summed E-state index contributed by atoms with van der Waals surface area (Å²) in [6.07, 6.45) is 0.976. The monoisotopic (exact) mass is 338 g/mol. The molecule has 25 heavy (non-hydrogen) atoms. The van der Waals surface area contributed by atoms with E-state index in [1.165, 1.54) is 0 Å². The van der Waals surface area contributed by atoms with Crippen LogP contribution in [0.4, 0.5) is 5.95 Å². The third kappa shape index (κ3) is 3.60. The zero-order valence-electron chi connectivity index (χ0n) is 14.7. The highest BCUT2D eigenvalue weighted by molar-refractivity contribution is 5.76. The standard InChI is InChI=1S/C18H22N6O/c1-11(14-7-5-4-6-8-14)20-16(25)10-9-15-12(2)21-18-22-17(19)23-24(18)13(15)3/h4-8,11H,9-10H2,1-3H3,(H2,19,23)(H,20,25). The summed E-state index contributed by atoms with van der Waals surface area (Å²) in [5, 5.41) is 7.18. The van der Waals surface area contributed by atoms with E-state index in [1.807, 2.05) is 51.1 Å². The van der Waals surface area contributed by atoms with Gasteiger partial charge in [0.05, 0.1) is 6.04 Å². The fraction of sp³-hybridized carbons (Fsp3) is 0.333. The lowest BCUT2D eigenvalue weighted by Gasteiger charge is -2.15. The van der Waals surface area contributed by atoms with Crippen LogP contribution in [0.5, 0.6) is 0 Å². The van der Waals surface area contributed by atoms with Gasteiger partial charge in [-0.1, -0.05) is 30.3 Å². The van der Waals surface area contributed by atoms with E-state index in [1.54, 1.807) is 4.52 Å². The highest BCUT2D eigenvalue weighted by atomic mass is 16.1. The third-order valence-corrected chi connectivity index (χ3v) is 4.34. The number of aryl methyl sites for hydroxylation is 2. The number of benzene rings is 1. The van der Waals surface area contributed by atoms with Crippen molar-refractivity contribution in [3.8, 4) is 0 Å². The largest absolute Gasteiger partial charge is 0.366 e. The zero-order chi connectivity index (χ0) is 18.0. The van der Waals surface area contributed by atoms with Crippen molar-refractivity contribution in [2.45, 2.75) is 39.7 Å². The lowest BCUT2D eigenvalue weighted by atomic mass is 10.1. The summed E-state index contributed by atoms with van der Waals surface area (Å²) < 4.78 is 1.63. The number of nitrogen functional groups attached to an aromatic ring is 1. The number of rotatable bonds is 5. The van der Waals surface area contributed by atoms with E-state index >= 15 is 0 Å². The van der Waals surface area contributed by atoms with Gasteiger partial charge in [0.15, 0.2) is 0 Å². The lowest BCUT2D eigenvalue weighted by molar-refractivity contribution is -0.121. The number of carbonyl (C=O) groups excluding carboxylic acids is 1. The SMILES string of the molecule is Cc1nc2nc(N)nn2c(C)c1CCC(=O)NC(C)c1ccccc1. The Morgan fingerprint density at radius 1 is 1.24 bits per heavy atom. The molecule has 3 aromatic rings. The molecular weight excluding hydrogens is 316 g/mol. The van der Waals surface area contributed by atoms with Crippen LogP contribution in [0, 0.1) is 13.8 Å². The van der Waals surface area contributed by atoms with E-state index < -0.39 is 0 Å². The van der Waals surface area contributed by atoms with Crippen molar-refractivity contribution >= 4 is 17.6 Å². The van der Waals surface area contributed by atoms with Crippen molar-refractivity contribution in [2.24, 2.45) is 0 Å². The highest BCUT2D eigenvalue weighted by Gasteiger charge is 2.15. The number of carbonyl (C=O) groups is 1. The molecule has 3 N–H and O–H groups in total. The number of nitrogens with zero attached hydrogens (tertiary/aromatic N) is 4. The first-order valence-electron chi connectivity index (χ1n) is 8.28. The van der Waals surface area contributed by atoms with Crippen LogP contribution in [-0.4, -0.2) is 25.5 Å². The van der Waals surface area contributed by atoms with Gasteiger partial charge in [-0.25, -0.2) is 4.98 Å². The van der Waals surface area contributed by atoms with E-state index in [-0.39, 0.29) is 17.9 Å². The molecule has 0 saturated carbocycles. The summed E-state index contributed by atoms with van der Waals surface area (Å²) in [4.78, 5) is 20.8. The maximum Gasteiger partial charge on any atom is 0.254 e. The number of fused-ring (bicyclic) bond motifs is 1. The van der Waals surface area contributed by atoms with Gasteiger partial charge in [-0.2, -0.15) is 9.50 Å². The summed E-state index contributed by atoms with van der Waals surface area (Å²) >= 11 is 0. The summed E-state index contributed by atoms with van der Waals surface area (Å²) in [6, 6.07) is 9.89. The highest BCUT2D eigenvalue weighted by Crippen LogP contribution is 2.17. The van der Waals surface area contributed by atoms with E-state index in [4.69, 9.17) is 5.73 Å². The maximum absolute atomic E-state index is 12.3. The summed E-state index contributed by atoms with van der Waals surface area (Å²) in [5.74, 6) is 0.688. The number of nitrogens with one attached hydrogen (secondary N) is 1. The van der Waals surface area contributed by atoms with Gasteiger partial charge in [-0.3, -0.25) is 4.79 Å². The second-order valence-corrected chi connectivity index (χ2v) is 6.14. The number of hydrogen-bond acceptors (Lipinski definition) is 5. The maximum atomic E-state index is 12.3. The molecule has 0 aliphatic heterocycles. The van der Waals surface area contributed by atoms with Gasteiger partial charge in [0, 0.05) is 17.8 Å². The predicted molar refractivity (Wildman–Crippen MR) is 96.0 cm³/mol. The molecule has 0 bridgehead atoms. The quantitative estimate of drug-likeness (QED) is 0.742. The average molecular weight is 338 g/mol. The average Bonchev–Trinajstić information content (AvgIpc) is 2.96. The van der Waals surface area contributed by atoms with Crippen molar-refractivity contribution in [1.82, 2.24) is 24.9 Å². The van der Waals surface area contributed by atoms with Crippen molar-refractivity contribution < 1.29 is 4.79 Å². The topological polar surface area (TPSA) is 98.2 Å². The first kappa shape index (κ1) is 16.9. The molecule has 0 spiro atoms. The van der Waals surface area contributed by atoms with Crippen molar-refractivity contribution in [1.29, 1.82) is 0 Å². The first-order chi connectivity index (χ1) is 12.0. The van der Waals surface area contributed by atoms with E-state index in [9.17, 15) is 4.79 Å². The third-order valence-electron chi connectivity index (χ3n) is 4.34. The normalized spacial score (nSPS) is 12.3. The molecule has 2 aromatic heterocycles. The molecule has 1 unspecified atom stereocenters. The molecule has 0 fully saturated rings. The van der Waals surface area contributed by atoms with Crippen LogP contribution in [0.25, 0.3) is 5.78 Å². The Morgan fingerprint density at radius 3 is 2.68 bits per heavy atom. The van der Waals surface area contributed by atoms with Crippen molar-refractivity contribution in [3.05, 3.63) is 52.8 Å². The van der Waals surface area contributed by atoms with Gasteiger partial charge >= 0.3 is 0 Å². The van der Waals surface area contributed by atoms with Crippen LogP contribution < -0.4 is 11.1 Å². The molecule has 1 aromatic carbocycles. The van der Waals surface area contributed by atoms with Gasteiger partial charge in [-0.15, -0.1) is 5.10 Å². The number of amides is 1. The van der Waals surface area contributed by atoms with Crippen LogP contribution in [0.15, 0.2) is 30.3 Å². The smallest absolute Gasteiger partial charge is 0.254 e. The zero-order valence-corrected chi connectivity index (χ0v) is 14.7. The minimum atomic E-state index is -0.0217. The van der Waals surface area contributed by atoms with Crippen LogP contribution in [0.1, 0.15) is 41.9 Å². The minimum absolute atomic E-state index is 0.00774. The molecule has 3 rings (SSSR count). The molecule has 0 aliphatic rings. The van der Waals surface area contributed by atoms with Crippen LogP contribution in [-0.2, 0) is 11.2 Å². The molecule has 7 nitrogen and oxygen atoms in total. The Hall–Kier alpha value is -2.96. The Labute approximate surface area is 146 Å². The number of hydrogen-bond donors (Lipinski definition) is 2. The molecule has 1 atom stereocenters. The second kappa shape index (κ2) is 6.88. The summed E-state index contributed by atoms with van der Waals surface area (Å²) in [5.41, 5.74) is 9.49. The van der Waals surface area contributed by atoms with Gasteiger partial charge in [-0.05, 0) is 38.3 Å². The Bertz CT molecular complexity index is 903.